The van der Waals surface area contributed by atoms with Crippen LogP contribution in [0.5, 0.6) is 11.5 Å². The first-order chi connectivity index (χ1) is 8.29. The lowest BCUT2D eigenvalue weighted by atomic mass is 10.1. The van der Waals surface area contributed by atoms with Crippen LogP contribution in [0.15, 0.2) is 18.2 Å². The number of hydrogen-bond acceptors (Lipinski definition) is 4. The van der Waals surface area contributed by atoms with Gasteiger partial charge in [-0.1, -0.05) is 13.0 Å². The fraction of sp³-hybridized carbons (Fsp3) is 0.462. The lowest BCUT2D eigenvalue weighted by Crippen LogP contribution is -2.16. The fourth-order valence-electron chi connectivity index (χ4n) is 1.63. The van der Waals surface area contributed by atoms with Crippen LogP contribution in [0.25, 0.3) is 0 Å². The van der Waals surface area contributed by atoms with Crippen LogP contribution >= 0.6 is 0 Å². The molecule has 0 aromatic heterocycles. The van der Waals surface area contributed by atoms with Gasteiger partial charge in [-0.05, 0) is 24.1 Å². The zero-order valence-electron chi connectivity index (χ0n) is 9.90. The molecule has 4 heteroatoms. The molecular formula is C13H16O4. The molecule has 0 radical (unpaired) electrons. The van der Waals surface area contributed by atoms with Crippen molar-refractivity contribution in [2.75, 3.05) is 19.8 Å². The van der Waals surface area contributed by atoms with Crippen molar-refractivity contribution in [3.8, 4) is 11.5 Å². The molecular weight excluding hydrogens is 220 g/mol. The Hall–Kier alpha value is -1.71. The van der Waals surface area contributed by atoms with Crippen molar-refractivity contribution >= 4 is 5.97 Å². The van der Waals surface area contributed by atoms with E-state index in [2.05, 4.69) is 0 Å². The van der Waals surface area contributed by atoms with Crippen LogP contribution in [0.1, 0.15) is 18.9 Å². The molecule has 2 rings (SSSR count). The third kappa shape index (κ3) is 3.12. The molecule has 92 valence electrons. The fourth-order valence-corrected chi connectivity index (χ4v) is 1.63. The lowest BCUT2D eigenvalue weighted by molar-refractivity contribution is -0.142. The molecule has 0 N–H and O–H groups in total. The summed E-state index contributed by atoms with van der Waals surface area (Å²) in [4.78, 5) is 11.4. The second kappa shape index (κ2) is 5.57. The first-order valence-electron chi connectivity index (χ1n) is 5.83. The second-order valence-corrected chi connectivity index (χ2v) is 3.88. The van der Waals surface area contributed by atoms with Gasteiger partial charge in [0.2, 0.25) is 0 Å². The van der Waals surface area contributed by atoms with E-state index in [9.17, 15) is 4.79 Å². The van der Waals surface area contributed by atoms with Crippen molar-refractivity contribution in [3.63, 3.8) is 0 Å². The first-order valence-corrected chi connectivity index (χ1v) is 5.83. The number of carbonyl (C=O) groups excluding carboxylic acids is 1. The normalized spacial score (nSPS) is 13.2. The SMILES string of the molecule is CCCOC(=O)Cc1ccc2c(c1)OCCO2. The van der Waals surface area contributed by atoms with Gasteiger partial charge < -0.3 is 14.2 Å². The minimum atomic E-state index is -0.205. The van der Waals surface area contributed by atoms with E-state index in [-0.39, 0.29) is 12.4 Å². The van der Waals surface area contributed by atoms with Gasteiger partial charge in [0.1, 0.15) is 13.2 Å². The summed E-state index contributed by atoms with van der Waals surface area (Å²) in [5, 5.41) is 0. The molecule has 0 bridgehead atoms. The predicted molar refractivity (Wildman–Crippen MR) is 62.4 cm³/mol. The summed E-state index contributed by atoms with van der Waals surface area (Å²) in [5.41, 5.74) is 0.885. The van der Waals surface area contributed by atoms with Crippen LogP contribution in [0.4, 0.5) is 0 Å². The van der Waals surface area contributed by atoms with Gasteiger partial charge in [-0.15, -0.1) is 0 Å². The summed E-state index contributed by atoms with van der Waals surface area (Å²) in [7, 11) is 0. The molecule has 1 aromatic carbocycles. The van der Waals surface area contributed by atoms with Gasteiger partial charge in [-0.2, -0.15) is 0 Å². The predicted octanol–water partition coefficient (Wildman–Crippen LogP) is 1.95. The highest BCUT2D eigenvalue weighted by Crippen LogP contribution is 2.30. The van der Waals surface area contributed by atoms with E-state index in [0.29, 0.717) is 25.6 Å². The smallest absolute Gasteiger partial charge is 0.310 e. The molecule has 17 heavy (non-hydrogen) atoms. The van der Waals surface area contributed by atoms with Crippen molar-refractivity contribution < 1.29 is 19.0 Å². The molecule has 0 saturated heterocycles. The molecule has 0 saturated carbocycles. The lowest BCUT2D eigenvalue weighted by Gasteiger charge is -2.18. The molecule has 1 aliphatic heterocycles. The van der Waals surface area contributed by atoms with E-state index in [4.69, 9.17) is 14.2 Å². The van der Waals surface area contributed by atoms with E-state index in [0.717, 1.165) is 17.7 Å². The molecule has 0 aliphatic carbocycles. The van der Waals surface area contributed by atoms with Gasteiger partial charge in [-0.25, -0.2) is 0 Å². The molecule has 0 unspecified atom stereocenters. The Morgan fingerprint density at radius 1 is 1.29 bits per heavy atom. The van der Waals surface area contributed by atoms with Crippen molar-refractivity contribution in [2.24, 2.45) is 0 Å². The Labute approximate surface area is 100 Å². The summed E-state index contributed by atoms with van der Waals surface area (Å²) in [6.07, 6.45) is 1.11. The number of hydrogen-bond donors (Lipinski definition) is 0. The van der Waals surface area contributed by atoms with Crippen LogP contribution < -0.4 is 9.47 Å². The van der Waals surface area contributed by atoms with Crippen molar-refractivity contribution in [1.29, 1.82) is 0 Å². The summed E-state index contributed by atoms with van der Waals surface area (Å²) in [6, 6.07) is 5.53. The molecule has 1 heterocycles. The third-order valence-corrected chi connectivity index (χ3v) is 2.42. The zero-order valence-corrected chi connectivity index (χ0v) is 9.90. The maximum absolute atomic E-state index is 11.4. The summed E-state index contributed by atoms with van der Waals surface area (Å²) < 4.78 is 15.9. The largest absolute Gasteiger partial charge is 0.486 e. The molecule has 1 aliphatic rings. The number of carbonyl (C=O) groups is 1. The monoisotopic (exact) mass is 236 g/mol. The minimum absolute atomic E-state index is 0.205. The Bertz CT molecular complexity index is 400. The van der Waals surface area contributed by atoms with Gasteiger partial charge >= 0.3 is 5.97 Å². The Kier molecular flexibility index (Phi) is 3.85. The average molecular weight is 236 g/mol. The number of esters is 1. The summed E-state index contributed by atoms with van der Waals surface area (Å²) in [5.74, 6) is 1.24. The number of fused-ring (bicyclic) bond motifs is 1. The van der Waals surface area contributed by atoms with E-state index in [1.54, 1.807) is 0 Å². The molecule has 0 spiro atoms. The Balaban J connectivity index is 1.99. The quantitative estimate of drug-likeness (QED) is 0.749. The van der Waals surface area contributed by atoms with Crippen LogP contribution in [-0.2, 0) is 16.0 Å². The molecule has 4 nitrogen and oxygen atoms in total. The minimum Gasteiger partial charge on any atom is -0.486 e. The zero-order chi connectivity index (χ0) is 12.1. The highest BCUT2D eigenvalue weighted by atomic mass is 16.6. The second-order valence-electron chi connectivity index (χ2n) is 3.88. The summed E-state index contributed by atoms with van der Waals surface area (Å²) in [6.45, 7) is 3.57. The standard InChI is InChI=1S/C13H16O4/c1-2-5-17-13(14)9-10-3-4-11-12(8-10)16-7-6-15-11/h3-4,8H,2,5-7,9H2,1H3. The van der Waals surface area contributed by atoms with Crippen molar-refractivity contribution in [3.05, 3.63) is 23.8 Å². The third-order valence-electron chi connectivity index (χ3n) is 2.42. The highest BCUT2D eigenvalue weighted by molar-refractivity contribution is 5.73. The first kappa shape index (κ1) is 11.8. The summed E-state index contributed by atoms with van der Waals surface area (Å²) >= 11 is 0. The molecule has 0 atom stereocenters. The van der Waals surface area contributed by atoms with Gasteiger partial charge in [0.15, 0.2) is 11.5 Å². The van der Waals surface area contributed by atoms with Gasteiger partial charge in [0, 0.05) is 0 Å². The maximum Gasteiger partial charge on any atom is 0.310 e. The molecule has 0 fully saturated rings. The average Bonchev–Trinajstić information content (AvgIpc) is 2.36. The maximum atomic E-state index is 11.4. The van der Waals surface area contributed by atoms with E-state index < -0.39 is 0 Å². The molecule has 1 aromatic rings. The van der Waals surface area contributed by atoms with Crippen LogP contribution in [0.2, 0.25) is 0 Å². The van der Waals surface area contributed by atoms with Gasteiger partial charge in [-0.3, -0.25) is 4.79 Å². The van der Waals surface area contributed by atoms with Gasteiger partial charge in [0.05, 0.1) is 13.0 Å². The van der Waals surface area contributed by atoms with Crippen LogP contribution in [0, 0.1) is 0 Å². The van der Waals surface area contributed by atoms with Crippen molar-refractivity contribution in [2.45, 2.75) is 19.8 Å². The Morgan fingerprint density at radius 2 is 2.06 bits per heavy atom. The number of rotatable bonds is 4. The van der Waals surface area contributed by atoms with E-state index in [1.165, 1.54) is 0 Å². The molecule has 0 amide bonds. The highest BCUT2D eigenvalue weighted by Gasteiger charge is 2.13. The van der Waals surface area contributed by atoms with Crippen molar-refractivity contribution in [1.82, 2.24) is 0 Å². The van der Waals surface area contributed by atoms with E-state index in [1.807, 2.05) is 25.1 Å². The topological polar surface area (TPSA) is 44.8 Å². The number of ether oxygens (including phenoxy) is 3. The van der Waals surface area contributed by atoms with E-state index >= 15 is 0 Å². The Morgan fingerprint density at radius 3 is 2.82 bits per heavy atom. The van der Waals surface area contributed by atoms with Crippen LogP contribution in [-0.4, -0.2) is 25.8 Å². The van der Waals surface area contributed by atoms with Gasteiger partial charge in [0.25, 0.3) is 0 Å². The van der Waals surface area contributed by atoms with Crippen LogP contribution in [0.3, 0.4) is 0 Å². The number of benzene rings is 1.